The topological polar surface area (TPSA) is 41.7 Å². The van der Waals surface area contributed by atoms with Crippen molar-refractivity contribution in [2.45, 2.75) is 0 Å². The number of hydrogen-bond donors (Lipinski definition) is 1. The number of nitrogens with zero attached hydrogens (tertiary/aromatic N) is 2. The maximum absolute atomic E-state index is 6.10. The summed E-state index contributed by atoms with van der Waals surface area (Å²) in [6, 6.07) is 3.84. The number of benzene rings is 1. The van der Waals surface area contributed by atoms with Crippen LogP contribution in [0.15, 0.2) is 16.6 Å². The highest BCUT2D eigenvalue weighted by atomic mass is 79.9. The van der Waals surface area contributed by atoms with E-state index in [0.29, 0.717) is 0 Å². The van der Waals surface area contributed by atoms with Gasteiger partial charge in [-0.1, -0.05) is 0 Å². The van der Waals surface area contributed by atoms with Crippen LogP contribution < -0.4 is 15.4 Å². The molecular formula is C12H18BrN3O. The second kappa shape index (κ2) is 5.14. The molecule has 2 rings (SSSR count). The minimum Gasteiger partial charge on any atom is -0.497 e. The van der Waals surface area contributed by atoms with Crippen LogP contribution >= 0.6 is 15.9 Å². The first kappa shape index (κ1) is 12.5. The lowest BCUT2D eigenvalue weighted by Crippen LogP contribution is -2.44. The normalized spacial score (nSPS) is 17.2. The number of nitrogen functional groups attached to an aromatic ring is 1. The van der Waals surface area contributed by atoms with Gasteiger partial charge < -0.3 is 20.3 Å². The van der Waals surface area contributed by atoms with Crippen LogP contribution in [0.4, 0.5) is 11.4 Å². The van der Waals surface area contributed by atoms with Crippen LogP contribution in [0, 0.1) is 0 Å². The van der Waals surface area contributed by atoms with Crippen LogP contribution in [0.5, 0.6) is 5.75 Å². The molecule has 17 heavy (non-hydrogen) atoms. The molecule has 0 atom stereocenters. The Morgan fingerprint density at radius 3 is 2.41 bits per heavy atom. The molecule has 0 aliphatic carbocycles. The number of nitrogens with two attached hydrogens (primary N) is 1. The van der Waals surface area contributed by atoms with Crippen LogP contribution in [-0.4, -0.2) is 45.2 Å². The second-order valence-corrected chi connectivity index (χ2v) is 5.19. The summed E-state index contributed by atoms with van der Waals surface area (Å²) in [5.41, 5.74) is 7.94. The molecule has 1 heterocycles. The zero-order valence-corrected chi connectivity index (χ0v) is 11.8. The van der Waals surface area contributed by atoms with E-state index in [1.807, 2.05) is 12.1 Å². The van der Waals surface area contributed by atoms with E-state index in [4.69, 9.17) is 10.5 Å². The fourth-order valence-electron chi connectivity index (χ4n) is 2.08. The van der Waals surface area contributed by atoms with Gasteiger partial charge in [0.05, 0.1) is 18.5 Å². The number of likely N-dealkylation sites (N-methyl/N-ethyl adjacent to an activating group) is 1. The third kappa shape index (κ3) is 2.66. The molecule has 2 N–H and O–H groups in total. The summed E-state index contributed by atoms with van der Waals surface area (Å²) in [6.07, 6.45) is 0. The molecule has 4 nitrogen and oxygen atoms in total. The monoisotopic (exact) mass is 299 g/mol. The first-order valence-electron chi connectivity index (χ1n) is 5.68. The summed E-state index contributed by atoms with van der Waals surface area (Å²) in [5.74, 6) is 0.784. The average Bonchev–Trinajstić information content (AvgIpc) is 2.30. The van der Waals surface area contributed by atoms with Gasteiger partial charge >= 0.3 is 0 Å². The van der Waals surface area contributed by atoms with Gasteiger partial charge in [-0.25, -0.2) is 0 Å². The molecule has 1 aliphatic rings. The van der Waals surface area contributed by atoms with Crippen LogP contribution in [0.25, 0.3) is 0 Å². The Morgan fingerprint density at radius 2 is 1.88 bits per heavy atom. The summed E-state index contributed by atoms with van der Waals surface area (Å²) < 4.78 is 6.20. The second-order valence-electron chi connectivity index (χ2n) is 4.34. The van der Waals surface area contributed by atoms with Crippen molar-refractivity contribution in [2.24, 2.45) is 0 Å². The first-order chi connectivity index (χ1) is 8.11. The van der Waals surface area contributed by atoms with Crippen LogP contribution in [0.2, 0.25) is 0 Å². The van der Waals surface area contributed by atoms with E-state index in [0.717, 1.165) is 47.8 Å². The number of rotatable bonds is 2. The Kier molecular flexibility index (Phi) is 3.79. The Hall–Kier alpha value is -0.940. The van der Waals surface area contributed by atoms with E-state index in [1.54, 1.807) is 7.11 Å². The molecule has 0 saturated carbocycles. The Morgan fingerprint density at radius 1 is 1.24 bits per heavy atom. The molecule has 1 aromatic carbocycles. The Balaban J connectivity index is 2.26. The number of ether oxygens (including phenoxy) is 1. The zero-order valence-electron chi connectivity index (χ0n) is 10.2. The SMILES string of the molecule is COc1cc(N)c(N2CCN(C)CC2)c(Br)c1. The number of piperazine rings is 1. The largest absolute Gasteiger partial charge is 0.497 e. The third-order valence-corrected chi connectivity index (χ3v) is 3.73. The Labute approximate surface area is 110 Å². The molecule has 1 aromatic rings. The molecule has 0 spiro atoms. The summed E-state index contributed by atoms with van der Waals surface area (Å²) >= 11 is 3.57. The van der Waals surface area contributed by atoms with Crippen molar-refractivity contribution >= 4 is 27.3 Å². The van der Waals surface area contributed by atoms with Crippen molar-refractivity contribution in [2.75, 3.05) is 51.0 Å². The van der Waals surface area contributed by atoms with Gasteiger partial charge in [0.1, 0.15) is 5.75 Å². The van der Waals surface area contributed by atoms with E-state index < -0.39 is 0 Å². The highest BCUT2D eigenvalue weighted by molar-refractivity contribution is 9.10. The molecule has 0 radical (unpaired) electrons. The molecule has 0 bridgehead atoms. The molecule has 94 valence electrons. The smallest absolute Gasteiger partial charge is 0.122 e. The van der Waals surface area contributed by atoms with Crippen molar-refractivity contribution in [1.29, 1.82) is 0 Å². The fourth-order valence-corrected chi connectivity index (χ4v) is 2.78. The first-order valence-corrected chi connectivity index (χ1v) is 6.47. The van der Waals surface area contributed by atoms with Gasteiger partial charge in [-0.2, -0.15) is 0 Å². The van der Waals surface area contributed by atoms with E-state index in [9.17, 15) is 0 Å². The molecule has 1 fully saturated rings. The van der Waals surface area contributed by atoms with Crippen molar-refractivity contribution in [3.63, 3.8) is 0 Å². The maximum Gasteiger partial charge on any atom is 0.122 e. The molecule has 5 heteroatoms. The quantitative estimate of drug-likeness (QED) is 0.846. The average molecular weight is 300 g/mol. The number of hydrogen-bond acceptors (Lipinski definition) is 4. The van der Waals surface area contributed by atoms with Crippen molar-refractivity contribution in [3.05, 3.63) is 16.6 Å². The number of halogens is 1. The Bertz CT molecular complexity index is 380. The predicted molar refractivity (Wildman–Crippen MR) is 74.8 cm³/mol. The highest BCUT2D eigenvalue weighted by Gasteiger charge is 2.19. The highest BCUT2D eigenvalue weighted by Crippen LogP contribution is 2.36. The van der Waals surface area contributed by atoms with Gasteiger partial charge in [-0.15, -0.1) is 0 Å². The fraction of sp³-hybridized carbons (Fsp3) is 0.500. The lowest BCUT2D eigenvalue weighted by atomic mass is 10.2. The zero-order chi connectivity index (χ0) is 12.4. The van der Waals surface area contributed by atoms with E-state index in [1.165, 1.54) is 0 Å². The van der Waals surface area contributed by atoms with Gasteiger partial charge in [0, 0.05) is 36.7 Å². The van der Waals surface area contributed by atoms with Gasteiger partial charge in [-0.05, 0) is 29.0 Å². The molecule has 0 unspecified atom stereocenters. The van der Waals surface area contributed by atoms with E-state index in [-0.39, 0.29) is 0 Å². The summed E-state index contributed by atoms with van der Waals surface area (Å²) in [7, 11) is 3.79. The van der Waals surface area contributed by atoms with Crippen LogP contribution in [0.3, 0.4) is 0 Å². The van der Waals surface area contributed by atoms with Gasteiger partial charge in [0.2, 0.25) is 0 Å². The lowest BCUT2D eigenvalue weighted by molar-refractivity contribution is 0.313. The molecule has 1 aliphatic heterocycles. The van der Waals surface area contributed by atoms with E-state index in [2.05, 4.69) is 32.8 Å². The van der Waals surface area contributed by atoms with Crippen molar-refractivity contribution in [1.82, 2.24) is 4.90 Å². The summed E-state index contributed by atoms with van der Waals surface area (Å²) in [4.78, 5) is 4.64. The maximum atomic E-state index is 6.10. The third-order valence-electron chi connectivity index (χ3n) is 3.12. The van der Waals surface area contributed by atoms with Crippen LogP contribution in [-0.2, 0) is 0 Å². The molecular weight excluding hydrogens is 282 g/mol. The van der Waals surface area contributed by atoms with Crippen LogP contribution in [0.1, 0.15) is 0 Å². The molecule has 1 saturated heterocycles. The molecule has 0 amide bonds. The van der Waals surface area contributed by atoms with Crippen molar-refractivity contribution < 1.29 is 4.74 Å². The van der Waals surface area contributed by atoms with Gasteiger partial charge in [-0.3, -0.25) is 0 Å². The summed E-state index contributed by atoms with van der Waals surface area (Å²) in [5, 5.41) is 0. The van der Waals surface area contributed by atoms with Gasteiger partial charge in [0.15, 0.2) is 0 Å². The number of methoxy groups -OCH3 is 1. The lowest BCUT2D eigenvalue weighted by Gasteiger charge is -2.35. The molecule has 0 aromatic heterocycles. The number of anilines is 2. The predicted octanol–water partition coefficient (Wildman–Crippen LogP) is 1.79. The summed E-state index contributed by atoms with van der Waals surface area (Å²) in [6.45, 7) is 4.15. The minimum absolute atomic E-state index is 0.765. The van der Waals surface area contributed by atoms with Gasteiger partial charge in [0.25, 0.3) is 0 Å². The standard InChI is InChI=1S/C12H18BrN3O/c1-15-3-5-16(6-4-15)12-10(13)7-9(17-2)8-11(12)14/h7-8H,3-6,14H2,1-2H3. The minimum atomic E-state index is 0.765. The van der Waals surface area contributed by atoms with Crippen molar-refractivity contribution in [3.8, 4) is 5.75 Å². The van der Waals surface area contributed by atoms with E-state index >= 15 is 0 Å².